The van der Waals surface area contributed by atoms with Crippen LogP contribution in [0.3, 0.4) is 0 Å². The maximum Gasteiger partial charge on any atom is 0.258 e. The van der Waals surface area contributed by atoms with Crippen molar-refractivity contribution in [3.63, 3.8) is 0 Å². The van der Waals surface area contributed by atoms with Crippen molar-refractivity contribution in [1.82, 2.24) is 10.2 Å². The fourth-order valence-corrected chi connectivity index (χ4v) is 3.38. The summed E-state index contributed by atoms with van der Waals surface area (Å²) in [5.41, 5.74) is 1.29. The Morgan fingerprint density at radius 2 is 1.71 bits per heavy atom. The standard InChI is InChI=1S/C21H25FN2O4/c1-26-18-4-3-5-19(27-2)20(18)21(25)23-14-17(24-10-12-28-13-11-24)15-6-8-16(22)9-7-15/h3-9,17H,10-14H2,1-2H3,(H,23,25). The third kappa shape index (κ3) is 4.61. The first-order valence-electron chi connectivity index (χ1n) is 9.20. The number of amides is 1. The Labute approximate surface area is 164 Å². The summed E-state index contributed by atoms with van der Waals surface area (Å²) in [6.45, 7) is 3.12. The van der Waals surface area contributed by atoms with Crippen molar-refractivity contribution in [2.24, 2.45) is 0 Å². The number of methoxy groups -OCH3 is 2. The molecule has 2 aromatic rings. The number of morpholine rings is 1. The van der Waals surface area contributed by atoms with E-state index >= 15 is 0 Å². The zero-order valence-corrected chi connectivity index (χ0v) is 16.1. The molecule has 1 amide bonds. The van der Waals surface area contributed by atoms with Crippen molar-refractivity contribution in [3.8, 4) is 11.5 Å². The normalized spacial score (nSPS) is 15.7. The molecule has 0 spiro atoms. The van der Waals surface area contributed by atoms with Gasteiger partial charge in [0.05, 0.1) is 33.5 Å². The highest BCUT2D eigenvalue weighted by Crippen LogP contribution is 2.28. The minimum absolute atomic E-state index is 0.0887. The van der Waals surface area contributed by atoms with Crippen molar-refractivity contribution in [3.05, 3.63) is 59.4 Å². The number of benzene rings is 2. The van der Waals surface area contributed by atoms with Gasteiger partial charge in [-0.3, -0.25) is 9.69 Å². The number of rotatable bonds is 7. The molecule has 0 bridgehead atoms. The van der Waals surface area contributed by atoms with Crippen LogP contribution in [0.15, 0.2) is 42.5 Å². The number of nitrogens with one attached hydrogen (secondary N) is 1. The maximum absolute atomic E-state index is 13.4. The molecule has 1 saturated heterocycles. The second-order valence-corrected chi connectivity index (χ2v) is 6.46. The summed E-state index contributed by atoms with van der Waals surface area (Å²) in [5, 5.41) is 2.98. The lowest BCUT2D eigenvalue weighted by molar-refractivity contribution is 0.0162. The van der Waals surface area contributed by atoms with Crippen LogP contribution in [-0.4, -0.2) is 57.9 Å². The zero-order chi connectivity index (χ0) is 19.9. The molecule has 0 aromatic heterocycles. The van der Waals surface area contributed by atoms with E-state index in [-0.39, 0.29) is 17.8 Å². The van der Waals surface area contributed by atoms with Crippen LogP contribution < -0.4 is 14.8 Å². The van der Waals surface area contributed by atoms with E-state index < -0.39 is 0 Å². The summed E-state index contributed by atoms with van der Waals surface area (Å²) in [4.78, 5) is 15.1. The molecule has 1 unspecified atom stereocenters. The van der Waals surface area contributed by atoms with E-state index in [9.17, 15) is 9.18 Å². The van der Waals surface area contributed by atoms with E-state index in [1.165, 1.54) is 26.4 Å². The first kappa shape index (κ1) is 20.1. The predicted octanol–water partition coefficient (Wildman–Crippen LogP) is 2.65. The molecule has 1 atom stereocenters. The van der Waals surface area contributed by atoms with E-state index in [2.05, 4.69) is 10.2 Å². The predicted molar refractivity (Wildman–Crippen MR) is 103 cm³/mol. The van der Waals surface area contributed by atoms with Crippen LogP contribution in [0, 0.1) is 5.82 Å². The van der Waals surface area contributed by atoms with E-state index in [1.54, 1.807) is 30.3 Å². The van der Waals surface area contributed by atoms with E-state index in [1.807, 2.05) is 0 Å². The Kier molecular flexibility index (Phi) is 6.84. The highest BCUT2D eigenvalue weighted by atomic mass is 19.1. The fraction of sp³-hybridized carbons (Fsp3) is 0.381. The lowest BCUT2D eigenvalue weighted by Crippen LogP contribution is -2.43. The van der Waals surface area contributed by atoms with Crippen LogP contribution in [0.4, 0.5) is 4.39 Å². The molecule has 1 N–H and O–H groups in total. The first-order valence-corrected chi connectivity index (χ1v) is 9.20. The van der Waals surface area contributed by atoms with Crippen LogP contribution in [0.2, 0.25) is 0 Å². The Balaban J connectivity index is 1.80. The van der Waals surface area contributed by atoms with Crippen molar-refractivity contribution in [2.45, 2.75) is 6.04 Å². The van der Waals surface area contributed by atoms with Crippen molar-refractivity contribution >= 4 is 5.91 Å². The van der Waals surface area contributed by atoms with E-state index in [0.717, 1.165) is 18.7 Å². The summed E-state index contributed by atoms with van der Waals surface area (Å²) in [5.74, 6) is 0.324. The highest BCUT2D eigenvalue weighted by molar-refractivity contribution is 5.99. The molecular formula is C21H25FN2O4. The average Bonchev–Trinajstić information content (AvgIpc) is 2.75. The number of hydrogen-bond acceptors (Lipinski definition) is 5. The van der Waals surface area contributed by atoms with Gasteiger partial charge in [0.15, 0.2) is 0 Å². The minimum Gasteiger partial charge on any atom is -0.496 e. The van der Waals surface area contributed by atoms with Gasteiger partial charge in [-0.15, -0.1) is 0 Å². The molecule has 0 radical (unpaired) electrons. The molecule has 7 heteroatoms. The van der Waals surface area contributed by atoms with Gasteiger partial charge in [0, 0.05) is 19.6 Å². The van der Waals surface area contributed by atoms with Gasteiger partial charge in [0.1, 0.15) is 22.9 Å². The Morgan fingerprint density at radius 1 is 1.11 bits per heavy atom. The highest BCUT2D eigenvalue weighted by Gasteiger charge is 2.25. The number of halogens is 1. The summed E-state index contributed by atoms with van der Waals surface area (Å²) in [6.07, 6.45) is 0. The summed E-state index contributed by atoms with van der Waals surface area (Å²) in [7, 11) is 3.03. The number of nitrogens with zero attached hydrogens (tertiary/aromatic N) is 1. The average molecular weight is 388 g/mol. The minimum atomic E-state index is -0.285. The molecule has 28 heavy (non-hydrogen) atoms. The molecule has 1 aliphatic rings. The molecule has 3 rings (SSSR count). The molecule has 1 heterocycles. The number of hydrogen-bond donors (Lipinski definition) is 1. The second-order valence-electron chi connectivity index (χ2n) is 6.46. The largest absolute Gasteiger partial charge is 0.496 e. The lowest BCUT2D eigenvalue weighted by Gasteiger charge is -2.35. The Bertz CT molecular complexity index is 769. The van der Waals surface area contributed by atoms with Gasteiger partial charge in [-0.2, -0.15) is 0 Å². The monoisotopic (exact) mass is 388 g/mol. The molecule has 0 saturated carbocycles. The van der Waals surface area contributed by atoms with Crippen molar-refractivity contribution < 1.29 is 23.4 Å². The van der Waals surface area contributed by atoms with Gasteiger partial charge in [-0.05, 0) is 29.8 Å². The summed E-state index contributed by atoms with van der Waals surface area (Å²) < 4.78 is 29.4. The van der Waals surface area contributed by atoms with Crippen molar-refractivity contribution in [1.29, 1.82) is 0 Å². The van der Waals surface area contributed by atoms with Crippen LogP contribution >= 0.6 is 0 Å². The Hall–Kier alpha value is -2.64. The molecule has 0 aliphatic carbocycles. The quantitative estimate of drug-likeness (QED) is 0.790. The molecular weight excluding hydrogens is 363 g/mol. The SMILES string of the molecule is COc1cccc(OC)c1C(=O)NCC(c1ccc(F)cc1)N1CCOCC1. The summed E-state index contributed by atoms with van der Waals surface area (Å²) >= 11 is 0. The van der Waals surface area contributed by atoms with Gasteiger partial charge in [0.25, 0.3) is 5.91 Å². The van der Waals surface area contributed by atoms with Crippen LogP contribution in [0.1, 0.15) is 22.0 Å². The van der Waals surface area contributed by atoms with Gasteiger partial charge in [-0.25, -0.2) is 4.39 Å². The third-order valence-electron chi connectivity index (χ3n) is 4.85. The summed E-state index contributed by atoms with van der Waals surface area (Å²) in [6, 6.07) is 11.5. The zero-order valence-electron chi connectivity index (χ0n) is 16.1. The van der Waals surface area contributed by atoms with Crippen molar-refractivity contribution in [2.75, 3.05) is 47.1 Å². The number of ether oxygens (including phenoxy) is 3. The number of carbonyl (C=O) groups is 1. The van der Waals surface area contributed by atoms with Crippen LogP contribution in [-0.2, 0) is 4.74 Å². The molecule has 2 aromatic carbocycles. The smallest absolute Gasteiger partial charge is 0.258 e. The van der Waals surface area contributed by atoms with Gasteiger partial charge in [0.2, 0.25) is 0 Å². The van der Waals surface area contributed by atoms with E-state index in [4.69, 9.17) is 14.2 Å². The molecule has 1 aliphatic heterocycles. The molecule has 150 valence electrons. The fourth-order valence-electron chi connectivity index (χ4n) is 3.38. The Morgan fingerprint density at radius 3 is 2.29 bits per heavy atom. The van der Waals surface area contributed by atoms with Crippen LogP contribution in [0.25, 0.3) is 0 Å². The second kappa shape index (κ2) is 9.52. The molecule has 6 nitrogen and oxygen atoms in total. The lowest BCUT2D eigenvalue weighted by atomic mass is 10.0. The molecule has 1 fully saturated rings. The third-order valence-corrected chi connectivity index (χ3v) is 4.85. The number of carbonyl (C=O) groups excluding carboxylic acids is 1. The maximum atomic E-state index is 13.4. The van der Waals surface area contributed by atoms with Crippen LogP contribution in [0.5, 0.6) is 11.5 Å². The van der Waals surface area contributed by atoms with Gasteiger partial charge < -0.3 is 19.5 Å². The van der Waals surface area contributed by atoms with Gasteiger partial charge in [-0.1, -0.05) is 18.2 Å². The van der Waals surface area contributed by atoms with E-state index in [0.29, 0.717) is 36.8 Å². The van der Waals surface area contributed by atoms with Gasteiger partial charge >= 0.3 is 0 Å². The first-order chi connectivity index (χ1) is 13.6. The topological polar surface area (TPSA) is 60.0 Å².